The fourth-order valence-corrected chi connectivity index (χ4v) is 2.18. The fourth-order valence-electron chi connectivity index (χ4n) is 2.18. The Labute approximate surface area is 119 Å². The SMILES string of the molecule is CCCN(CC)CC/C=C/B1OC(C)(C)C(C)(C)O1. The van der Waals surface area contributed by atoms with Gasteiger partial charge in [-0.3, -0.25) is 0 Å². The summed E-state index contributed by atoms with van der Waals surface area (Å²) in [5.41, 5.74) is -0.473. The van der Waals surface area contributed by atoms with E-state index in [0.29, 0.717) is 0 Å². The second-order valence-electron chi connectivity index (χ2n) is 6.28. The van der Waals surface area contributed by atoms with Gasteiger partial charge in [0.15, 0.2) is 0 Å². The first-order chi connectivity index (χ1) is 8.82. The van der Waals surface area contributed by atoms with Gasteiger partial charge >= 0.3 is 7.12 Å². The molecule has 0 aromatic rings. The predicted molar refractivity (Wildman–Crippen MR) is 82.2 cm³/mol. The largest absolute Gasteiger partial charge is 0.486 e. The van der Waals surface area contributed by atoms with Crippen LogP contribution in [0.2, 0.25) is 0 Å². The van der Waals surface area contributed by atoms with Crippen molar-refractivity contribution in [1.82, 2.24) is 4.90 Å². The Morgan fingerprint density at radius 3 is 2.05 bits per heavy atom. The minimum atomic E-state index is -0.236. The quantitative estimate of drug-likeness (QED) is 0.661. The minimum absolute atomic E-state index is 0.203. The van der Waals surface area contributed by atoms with Gasteiger partial charge < -0.3 is 14.2 Å². The summed E-state index contributed by atoms with van der Waals surface area (Å²) in [7, 11) is -0.203. The van der Waals surface area contributed by atoms with Gasteiger partial charge in [0.1, 0.15) is 0 Å². The van der Waals surface area contributed by atoms with Crippen LogP contribution in [0.4, 0.5) is 0 Å². The summed E-state index contributed by atoms with van der Waals surface area (Å²) in [6.07, 6.45) is 4.45. The van der Waals surface area contributed by atoms with E-state index in [1.165, 1.54) is 13.0 Å². The molecule has 0 bridgehead atoms. The van der Waals surface area contributed by atoms with Crippen LogP contribution >= 0.6 is 0 Å². The van der Waals surface area contributed by atoms with Crippen molar-refractivity contribution in [1.29, 1.82) is 0 Å². The van der Waals surface area contributed by atoms with Crippen LogP contribution in [-0.2, 0) is 9.31 Å². The first kappa shape index (κ1) is 16.7. The van der Waals surface area contributed by atoms with Gasteiger partial charge in [-0.2, -0.15) is 0 Å². The Balaban J connectivity index is 2.35. The lowest BCUT2D eigenvalue weighted by Crippen LogP contribution is -2.41. The molecule has 0 atom stereocenters. The van der Waals surface area contributed by atoms with Crippen molar-refractivity contribution in [2.45, 2.75) is 65.6 Å². The molecule has 1 aliphatic heterocycles. The molecule has 110 valence electrons. The van der Waals surface area contributed by atoms with E-state index in [4.69, 9.17) is 9.31 Å². The van der Waals surface area contributed by atoms with Crippen LogP contribution in [0.15, 0.2) is 12.1 Å². The molecule has 1 saturated heterocycles. The molecule has 3 nitrogen and oxygen atoms in total. The van der Waals surface area contributed by atoms with E-state index in [9.17, 15) is 0 Å². The highest BCUT2D eigenvalue weighted by Gasteiger charge is 2.49. The Hall–Kier alpha value is -0.315. The van der Waals surface area contributed by atoms with Gasteiger partial charge in [-0.1, -0.05) is 25.9 Å². The molecule has 1 fully saturated rings. The molecular weight excluding hydrogens is 237 g/mol. The zero-order valence-electron chi connectivity index (χ0n) is 13.5. The van der Waals surface area contributed by atoms with E-state index in [1.807, 2.05) is 0 Å². The zero-order chi connectivity index (χ0) is 14.5. The van der Waals surface area contributed by atoms with Gasteiger partial charge in [-0.15, -0.1) is 0 Å². The number of rotatable bonds is 7. The predicted octanol–water partition coefficient (Wildman–Crippen LogP) is 3.30. The Bertz CT molecular complexity index is 287. The maximum absolute atomic E-state index is 5.92. The van der Waals surface area contributed by atoms with Gasteiger partial charge in [0.05, 0.1) is 11.2 Å². The average Bonchev–Trinajstić information content (AvgIpc) is 2.51. The van der Waals surface area contributed by atoms with Crippen LogP contribution in [0.3, 0.4) is 0 Å². The molecule has 0 amide bonds. The first-order valence-corrected chi connectivity index (χ1v) is 7.57. The van der Waals surface area contributed by atoms with Crippen molar-refractivity contribution in [3.63, 3.8) is 0 Å². The van der Waals surface area contributed by atoms with Gasteiger partial charge in [-0.25, -0.2) is 0 Å². The number of hydrogen-bond donors (Lipinski definition) is 0. The van der Waals surface area contributed by atoms with E-state index < -0.39 is 0 Å². The molecule has 0 unspecified atom stereocenters. The average molecular weight is 267 g/mol. The van der Waals surface area contributed by atoms with E-state index in [1.54, 1.807) is 0 Å². The molecule has 0 radical (unpaired) electrons. The summed E-state index contributed by atoms with van der Waals surface area (Å²) < 4.78 is 11.8. The lowest BCUT2D eigenvalue weighted by molar-refractivity contribution is 0.00578. The van der Waals surface area contributed by atoms with Crippen LogP contribution in [-0.4, -0.2) is 42.9 Å². The molecule has 0 saturated carbocycles. The highest BCUT2D eigenvalue weighted by Crippen LogP contribution is 2.36. The van der Waals surface area contributed by atoms with E-state index in [2.05, 4.69) is 58.5 Å². The molecule has 0 aliphatic carbocycles. The zero-order valence-corrected chi connectivity index (χ0v) is 13.5. The lowest BCUT2D eigenvalue weighted by atomic mass is 9.90. The number of hydrogen-bond acceptors (Lipinski definition) is 3. The third-order valence-corrected chi connectivity index (χ3v) is 4.16. The maximum atomic E-state index is 5.92. The molecular formula is C15H30BNO2. The Kier molecular flexibility index (Phi) is 6.09. The summed E-state index contributed by atoms with van der Waals surface area (Å²) in [4.78, 5) is 2.47. The van der Waals surface area contributed by atoms with Crippen molar-refractivity contribution in [2.75, 3.05) is 19.6 Å². The Morgan fingerprint density at radius 1 is 1.00 bits per heavy atom. The number of nitrogens with zero attached hydrogens (tertiary/aromatic N) is 1. The van der Waals surface area contributed by atoms with E-state index >= 15 is 0 Å². The van der Waals surface area contributed by atoms with Crippen molar-refractivity contribution in [2.24, 2.45) is 0 Å². The third kappa shape index (κ3) is 4.62. The molecule has 1 rings (SSSR count). The van der Waals surface area contributed by atoms with Crippen molar-refractivity contribution >= 4 is 7.12 Å². The standard InChI is InChI=1S/C15H30BNO2/c1-7-12-17(8-2)13-10-9-11-16-18-14(3,4)15(5,6)19-16/h9,11H,7-8,10,12-13H2,1-6H3/b11-9+. The molecule has 0 spiro atoms. The van der Waals surface area contributed by atoms with Crippen LogP contribution in [0, 0.1) is 0 Å². The summed E-state index contributed by atoms with van der Waals surface area (Å²) in [6, 6.07) is 0. The first-order valence-electron chi connectivity index (χ1n) is 7.57. The van der Waals surface area contributed by atoms with E-state index in [0.717, 1.165) is 19.5 Å². The van der Waals surface area contributed by atoms with Crippen molar-refractivity contribution in [3.05, 3.63) is 12.1 Å². The normalized spacial score (nSPS) is 21.7. The molecule has 1 aliphatic rings. The molecule has 1 heterocycles. The van der Waals surface area contributed by atoms with Crippen molar-refractivity contribution < 1.29 is 9.31 Å². The highest BCUT2D eigenvalue weighted by atomic mass is 16.7. The van der Waals surface area contributed by atoms with Crippen LogP contribution < -0.4 is 0 Å². The second-order valence-corrected chi connectivity index (χ2v) is 6.28. The highest BCUT2D eigenvalue weighted by molar-refractivity contribution is 6.51. The summed E-state index contributed by atoms with van der Waals surface area (Å²) in [5, 5.41) is 0. The third-order valence-electron chi connectivity index (χ3n) is 4.16. The van der Waals surface area contributed by atoms with Gasteiger partial charge in [-0.05, 0) is 53.6 Å². The summed E-state index contributed by atoms with van der Waals surface area (Å²) >= 11 is 0. The van der Waals surface area contributed by atoms with Crippen LogP contribution in [0.5, 0.6) is 0 Å². The van der Waals surface area contributed by atoms with Crippen LogP contribution in [0.25, 0.3) is 0 Å². The second kappa shape index (κ2) is 6.91. The lowest BCUT2D eigenvalue weighted by Gasteiger charge is -2.32. The van der Waals surface area contributed by atoms with Gasteiger partial charge in [0, 0.05) is 6.54 Å². The Morgan fingerprint density at radius 2 is 1.58 bits per heavy atom. The molecule has 0 N–H and O–H groups in total. The fraction of sp³-hybridized carbons (Fsp3) is 0.867. The maximum Gasteiger partial charge on any atom is 0.486 e. The molecule has 0 aromatic carbocycles. The van der Waals surface area contributed by atoms with E-state index in [-0.39, 0.29) is 18.3 Å². The monoisotopic (exact) mass is 267 g/mol. The van der Waals surface area contributed by atoms with Crippen LogP contribution in [0.1, 0.15) is 54.4 Å². The molecule has 4 heteroatoms. The smallest absolute Gasteiger partial charge is 0.400 e. The molecule has 19 heavy (non-hydrogen) atoms. The summed E-state index contributed by atoms with van der Waals surface area (Å²) in [6.45, 7) is 16.2. The van der Waals surface area contributed by atoms with Gasteiger partial charge in [0.2, 0.25) is 0 Å². The van der Waals surface area contributed by atoms with Gasteiger partial charge in [0.25, 0.3) is 0 Å². The topological polar surface area (TPSA) is 21.7 Å². The summed E-state index contributed by atoms with van der Waals surface area (Å²) in [5.74, 6) is 2.05. The minimum Gasteiger partial charge on any atom is -0.400 e. The van der Waals surface area contributed by atoms with Crippen molar-refractivity contribution in [3.8, 4) is 0 Å². The molecule has 0 aromatic heterocycles.